The Bertz CT molecular complexity index is 625. The van der Waals surface area contributed by atoms with Crippen molar-refractivity contribution in [1.29, 1.82) is 0 Å². The fraction of sp³-hybridized carbons (Fsp3) is 0.250. The van der Waals surface area contributed by atoms with Crippen LogP contribution in [0.4, 0.5) is 0 Å². The standard InChI is InChI=1S/C16H17NO3/c1-11-4-2-3-5-12(11)8-17-9-13-6-15-16(7-14(13)18)20-10-19-15/h2-7,17-18H,8-10H2,1H3. The van der Waals surface area contributed by atoms with E-state index in [0.717, 1.165) is 12.1 Å². The Morgan fingerprint density at radius 1 is 1.05 bits per heavy atom. The topological polar surface area (TPSA) is 50.7 Å². The van der Waals surface area contributed by atoms with Crippen LogP contribution in [0.2, 0.25) is 0 Å². The highest BCUT2D eigenvalue weighted by molar-refractivity contribution is 5.51. The number of rotatable bonds is 4. The van der Waals surface area contributed by atoms with Gasteiger partial charge in [0, 0.05) is 24.7 Å². The molecule has 104 valence electrons. The molecular weight excluding hydrogens is 254 g/mol. The van der Waals surface area contributed by atoms with Crippen molar-refractivity contribution >= 4 is 0 Å². The molecule has 2 aromatic carbocycles. The Morgan fingerprint density at radius 2 is 1.75 bits per heavy atom. The number of ether oxygens (including phenoxy) is 2. The zero-order valence-electron chi connectivity index (χ0n) is 11.3. The second-order valence-corrected chi connectivity index (χ2v) is 4.86. The van der Waals surface area contributed by atoms with Crippen LogP contribution in [0, 0.1) is 6.92 Å². The molecular formula is C16H17NO3. The number of phenols is 1. The average molecular weight is 271 g/mol. The molecule has 0 saturated carbocycles. The first kappa shape index (κ1) is 12.8. The Morgan fingerprint density at radius 3 is 2.55 bits per heavy atom. The number of benzene rings is 2. The molecule has 0 spiro atoms. The minimum absolute atomic E-state index is 0.217. The Kier molecular flexibility index (Phi) is 3.48. The van der Waals surface area contributed by atoms with Crippen LogP contribution in [0.25, 0.3) is 0 Å². The van der Waals surface area contributed by atoms with Crippen LogP contribution in [0.3, 0.4) is 0 Å². The molecule has 0 aromatic heterocycles. The summed E-state index contributed by atoms with van der Waals surface area (Å²) >= 11 is 0. The molecule has 1 heterocycles. The summed E-state index contributed by atoms with van der Waals surface area (Å²) in [6.07, 6.45) is 0. The van der Waals surface area contributed by atoms with E-state index in [1.165, 1.54) is 11.1 Å². The molecule has 4 nitrogen and oxygen atoms in total. The minimum atomic E-state index is 0.217. The molecule has 0 unspecified atom stereocenters. The summed E-state index contributed by atoms with van der Waals surface area (Å²) in [6, 6.07) is 11.7. The predicted octanol–water partition coefficient (Wildman–Crippen LogP) is 2.72. The second-order valence-electron chi connectivity index (χ2n) is 4.86. The average Bonchev–Trinajstić information content (AvgIpc) is 2.88. The lowest BCUT2D eigenvalue weighted by Crippen LogP contribution is -2.13. The van der Waals surface area contributed by atoms with Crippen molar-refractivity contribution < 1.29 is 14.6 Å². The lowest BCUT2D eigenvalue weighted by molar-refractivity contribution is 0.174. The van der Waals surface area contributed by atoms with Gasteiger partial charge in [-0.25, -0.2) is 0 Å². The van der Waals surface area contributed by atoms with Crippen molar-refractivity contribution in [2.24, 2.45) is 0 Å². The molecule has 0 saturated heterocycles. The maximum atomic E-state index is 9.95. The number of aromatic hydroxyl groups is 1. The SMILES string of the molecule is Cc1ccccc1CNCc1cc2c(cc1O)OCO2. The van der Waals surface area contributed by atoms with Crippen LogP contribution in [0.1, 0.15) is 16.7 Å². The third-order valence-corrected chi connectivity index (χ3v) is 3.47. The van der Waals surface area contributed by atoms with Gasteiger partial charge in [0.05, 0.1) is 0 Å². The van der Waals surface area contributed by atoms with Crippen LogP contribution >= 0.6 is 0 Å². The highest BCUT2D eigenvalue weighted by Crippen LogP contribution is 2.37. The van der Waals surface area contributed by atoms with E-state index in [0.29, 0.717) is 18.0 Å². The van der Waals surface area contributed by atoms with Gasteiger partial charge in [0.25, 0.3) is 0 Å². The fourth-order valence-electron chi connectivity index (χ4n) is 2.26. The molecule has 0 amide bonds. The van der Waals surface area contributed by atoms with Gasteiger partial charge in [-0.2, -0.15) is 0 Å². The van der Waals surface area contributed by atoms with Crippen LogP contribution in [-0.2, 0) is 13.1 Å². The van der Waals surface area contributed by atoms with Gasteiger partial charge in [0.1, 0.15) is 5.75 Å². The van der Waals surface area contributed by atoms with Gasteiger partial charge in [-0.1, -0.05) is 24.3 Å². The summed E-state index contributed by atoms with van der Waals surface area (Å²) in [6.45, 7) is 3.65. The van der Waals surface area contributed by atoms with Crippen molar-refractivity contribution in [3.05, 3.63) is 53.1 Å². The van der Waals surface area contributed by atoms with Gasteiger partial charge < -0.3 is 19.9 Å². The minimum Gasteiger partial charge on any atom is -0.507 e. The highest BCUT2D eigenvalue weighted by Gasteiger charge is 2.16. The molecule has 20 heavy (non-hydrogen) atoms. The molecule has 2 N–H and O–H groups in total. The summed E-state index contributed by atoms with van der Waals surface area (Å²) in [7, 11) is 0. The highest BCUT2D eigenvalue weighted by atomic mass is 16.7. The molecule has 2 aromatic rings. The van der Waals surface area contributed by atoms with E-state index in [2.05, 4.69) is 24.4 Å². The van der Waals surface area contributed by atoms with Crippen molar-refractivity contribution in [3.8, 4) is 17.2 Å². The van der Waals surface area contributed by atoms with E-state index < -0.39 is 0 Å². The number of hydrogen-bond acceptors (Lipinski definition) is 4. The van der Waals surface area contributed by atoms with Crippen molar-refractivity contribution in [3.63, 3.8) is 0 Å². The predicted molar refractivity (Wildman–Crippen MR) is 76.0 cm³/mol. The van der Waals surface area contributed by atoms with Crippen LogP contribution in [0.5, 0.6) is 17.2 Å². The Hall–Kier alpha value is -2.20. The molecule has 3 rings (SSSR count). The van der Waals surface area contributed by atoms with Crippen LogP contribution in [-0.4, -0.2) is 11.9 Å². The summed E-state index contributed by atoms with van der Waals surface area (Å²) in [4.78, 5) is 0. The third kappa shape index (κ3) is 2.56. The molecule has 0 atom stereocenters. The summed E-state index contributed by atoms with van der Waals surface area (Å²) in [5.41, 5.74) is 3.32. The summed E-state index contributed by atoms with van der Waals surface area (Å²) in [5, 5.41) is 13.3. The third-order valence-electron chi connectivity index (χ3n) is 3.47. The lowest BCUT2D eigenvalue weighted by Gasteiger charge is -2.09. The molecule has 1 aliphatic rings. The molecule has 0 bridgehead atoms. The molecule has 4 heteroatoms. The van der Waals surface area contributed by atoms with Gasteiger partial charge in [0.2, 0.25) is 6.79 Å². The zero-order valence-corrected chi connectivity index (χ0v) is 11.3. The first-order chi connectivity index (χ1) is 9.74. The second kappa shape index (κ2) is 5.43. The van der Waals surface area contributed by atoms with E-state index in [9.17, 15) is 5.11 Å². The van der Waals surface area contributed by atoms with Crippen LogP contribution in [0.15, 0.2) is 36.4 Å². The molecule has 0 aliphatic carbocycles. The van der Waals surface area contributed by atoms with E-state index >= 15 is 0 Å². The monoisotopic (exact) mass is 271 g/mol. The van der Waals surface area contributed by atoms with Gasteiger partial charge in [-0.3, -0.25) is 0 Å². The van der Waals surface area contributed by atoms with Gasteiger partial charge in [0.15, 0.2) is 11.5 Å². The Balaban J connectivity index is 1.66. The molecule has 1 aliphatic heterocycles. The maximum Gasteiger partial charge on any atom is 0.231 e. The summed E-state index contributed by atoms with van der Waals surface area (Å²) in [5.74, 6) is 1.52. The number of hydrogen-bond donors (Lipinski definition) is 2. The van der Waals surface area contributed by atoms with Gasteiger partial charge >= 0.3 is 0 Å². The van der Waals surface area contributed by atoms with Crippen molar-refractivity contribution in [2.75, 3.05) is 6.79 Å². The fourth-order valence-corrected chi connectivity index (χ4v) is 2.26. The van der Waals surface area contributed by atoms with E-state index in [1.54, 1.807) is 6.07 Å². The maximum absolute atomic E-state index is 9.95. The largest absolute Gasteiger partial charge is 0.507 e. The van der Waals surface area contributed by atoms with E-state index in [-0.39, 0.29) is 12.5 Å². The first-order valence-corrected chi connectivity index (χ1v) is 6.61. The molecule has 0 fully saturated rings. The summed E-state index contributed by atoms with van der Waals surface area (Å²) < 4.78 is 10.5. The first-order valence-electron chi connectivity index (χ1n) is 6.61. The number of aryl methyl sites for hydroxylation is 1. The lowest BCUT2D eigenvalue weighted by atomic mass is 10.1. The zero-order chi connectivity index (χ0) is 13.9. The molecule has 0 radical (unpaired) electrons. The smallest absolute Gasteiger partial charge is 0.231 e. The van der Waals surface area contributed by atoms with Crippen LogP contribution < -0.4 is 14.8 Å². The number of phenolic OH excluding ortho intramolecular Hbond substituents is 1. The normalized spacial score (nSPS) is 12.7. The number of nitrogens with one attached hydrogen (secondary N) is 1. The van der Waals surface area contributed by atoms with Gasteiger partial charge in [-0.05, 0) is 24.1 Å². The van der Waals surface area contributed by atoms with Crippen molar-refractivity contribution in [1.82, 2.24) is 5.32 Å². The Labute approximate surface area is 118 Å². The van der Waals surface area contributed by atoms with E-state index in [1.807, 2.05) is 18.2 Å². The number of fused-ring (bicyclic) bond motifs is 1. The quantitative estimate of drug-likeness (QED) is 0.897. The van der Waals surface area contributed by atoms with Gasteiger partial charge in [-0.15, -0.1) is 0 Å². The van der Waals surface area contributed by atoms with Crippen molar-refractivity contribution in [2.45, 2.75) is 20.0 Å². The van der Waals surface area contributed by atoms with E-state index in [4.69, 9.17) is 9.47 Å².